The SMILES string of the molecule is COC(=O)c1ccc(NC(=O)N2CC(C)CC(C(=O)O)C2)cc1F. The van der Waals surface area contributed by atoms with Crippen molar-refractivity contribution in [3.8, 4) is 0 Å². The number of carbonyl (C=O) groups is 3. The van der Waals surface area contributed by atoms with E-state index in [-0.39, 0.29) is 23.7 Å². The van der Waals surface area contributed by atoms with E-state index in [4.69, 9.17) is 5.11 Å². The van der Waals surface area contributed by atoms with Gasteiger partial charge in [0.2, 0.25) is 0 Å². The molecule has 2 rings (SSSR count). The number of amides is 2. The number of benzene rings is 1. The van der Waals surface area contributed by atoms with Gasteiger partial charge in [-0.05, 0) is 30.5 Å². The number of likely N-dealkylation sites (tertiary alicyclic amines) is 1. The smallest absolute Gasteiger partial charge is 0.340 e. The zero-order valence-corrected chi connectivity index (χ0v) is 13.4. The molecule has 1 aromatic carbocycles. The number of esters is 1. The molecule has 1 saturated heterocycles. The zero-order valence-electron chi connectivity index (χ0n) is 13.4. The van der Waals surface area contributed by atoms with E-state index >= 15 is 0 Å². The van der Waals surface area contributed by atoms with Gasteiger partial charge in [-0.25, -0.2) is 14.0 Å². The molecular weight excluding hydrogens is 319 g/mol. The number of nitrogens with zero attached hydrogens (tertiary/aromatic N) is 1. The van der Waals surface area contributed by atoms with E-state index in [0.29, 0.717) is 13.0 Å². The minimum atomic E-state index is -0.937. The number of urea groups is 1. The Morgan fingerprint density at radius 2 is 2.04 bits per heavy atom. The number of carbonyl (C=O) groups excluding carboxylic acids is 2. The average molecular weight is 338 g/mol. The summed E-state index contributed by atoms with van der Waals surface area (Å²) in [7, 11) is 1.15. The summed E-state index contributed by atoms with van der Waals surface area (Å²) in [6.07, 6.45) is 0.515. The molecule has 0 spiro atoms. The molecule has 2 unspecified atom stereocenters. The van der Waals surface area contributed by atoms with Gasteiger partial charge in [0, 0.05) is 18.8 Å². The fourth-order valence-corrected chi connectivity index (χ4v) is 2.77. The Labute approximate surface area is 138 Å². The van der Waals surface area contributed by atoms with Gasteiger partial charge in [0.1, 0.15) is 5.82 Å². The number of halogens is 1. The van der Waals surface area contributed by atoms with Crippen LogP contribution in [0, 0.1) is 17.7 Å². The van der Waals surface area contributed by atoms with Crippen LogP contribution in [0.1, 0.15) is 23.7 Å². The second-order valence-corrected chi connectivity index (χ2v) is 5.90. The van der Waals surface area contributed by atoms with Gasteiger partial charge >= 0.3 is 18.0 Å². The van der Waals surface area contributed by atoms with Gasteiger partial charge in [0.05, 0.1) is 18.6 Å². The number of ether oxygens (including phenoxy) is 1. The first-order valence-electron chi connectivity index (χ1n) is 7.48. The van der Waals surface area contributed by atoms with Gasteiger partial charge < -0.3 is 20.1 Å². The first kappa shape index (κ1) is 17.7. The van der Waals surface area contributed by atoms with Crippen LogP contribution in [0.5, 0.6) is 0 Å². The molecule has 0 radical (unpaired) electrons. The van der Waals surface area contributed by atoms with Crippen LogP contribution in [0.3, 0.4) is 0 Å². The highest BCUT2D eigenvalue weighted by Crippen LogP contribution is 2.23. The van der Waals surface area contributed by atoms with Crippen LogP contribution in [0.4, 0.5) is 14.9 Å². The van der Waals surface area contributed by atoms with Gasteiger partial charge in [0.25, 0.3) is 0 Å². The highest BCUT2D eigenvalue weighted by atomic mass is 19.1. The van der Waals surface area contributed by atoms with Crippen LogP contribution in [-0.2, 0) is 9.53 Å². The topological polar surface area (TPSA) is 95.9 Å². The Bertz CT molecular complexity index is 664. The van der Waals surface area contributed by atoms with Crippen molar-refractivity contribution in [3.63, 3.8) is 0 Å². The molecule has 2 N–H and O–H groups in total. The van der Waals surface area contributed by atoms with Crippen molar-refractivity contribution in [2.24, 2.45) is 11.8 Å². The second kappa shape index (κ2) is 7.29. The van der Waals surface area contributed by atoms with E-state index in [1.807, 2.05) is 6.92 Å². The Balaban J connectivity index is 2.07. The van der Waals surface area contributed by atoms with E-state index in [1.54, 1.807) is 0 Å². The van der Waals surface area contributed by atoms with Crippen LogP contribution in [0.25, 0.3) is 0 Å². The highest BCUT2D eigenvalue weighted by molar-refractivity contribution is 5.92. The minimum Gasteiger partial charge on any atom is -0.481 e. The standard InChI is InChI=1S/C16H19FN2O5/c1-9-5-10(14(20)21)8-19(7-9)16(23)18-11-3-4-12(13(17)6-11)15(22)24-2/h3-4,6,9-10H,5,7-8H2,1-2H3,(H,18,23)(H,20,21). The molecule has 1 fully saturated rings. The van der Waals surface area contributed by atoms with Gasteiger partial charge in [-0.1, -0.05) is 6.92 Å². The lowest BCUT2D eigenvalue weighted by Gasteiger charge is -2.34. The summed E-state index contributed by atoms with van der Waals surface area (Å²) in [5, 5.41) is 11.7. The first-order valence-corrected chi connectivity index (χ1v) is 7.48. The van der Waals surface area contributed by atoms with Gasteiger partial charge in [-0.2, -0.15) is 0 Å². The van der Waals surface area contributed by atoms with E-state index in [0.717, 1.165) is 13.2 Å². The molecular formula is C16H19FN2O5. The maximum absolute atomic E-state index is 13.9. The molecule has 1 aliphatic rings. The second-order valence-electron chi connectivity index (χ2n) is 5.90. The summed E-state index contributed by atoms with van der Waals surface area (Å²) in [5.74, 6) is -3.11. The van der Waals surface area contributed by atoms with E-state index in [1.165, 1.54) is 17.0 Å². The third-order valence-electron chi connectivity index (χ3n) is 3.92. The summed E-state index contributed by atoms with van der Waals surface area (Å²) in [4.78, 5) is 36.2. The van der Waals surface area contributed by atoms with Crippen molar-refractivity contribution in [2.75, 3.05) is 25.5 Å². The number of anilines is 1. The quantitative estimate of drug-likeness (QED) is 0.824. The van der Waals surface area contributed by atoms with Crippen LogP contribution in [0.2, 0.25) is 0 Å². The van der Waals surface area contributed by atoms with E-state index in [2.05, 4.69) is 10.1 Å². The number of piperidine rings is 1. The Morgan fingerprint density at radius 1 is 1.33 bits per heavy atom. The molecule has 1 heterocycles. The third kappa shape index (κ3) is 4.01. The molecule has 2 atom stereocenters. The first-order chi connectivity index (χ1) is 11.3. The number of aliphatic carboxylic acids is 1. The molecule has 2 amide bonds. The van der Waals surface area contributed by atoms with Gasteiger partial charge in [-0.15, -0.1) is 0 Å². The number of carboxylic acid groups (broad SMARTS) is 1. The lowest BCUT2D eigenvalue weighted by atomic mass is 9.91. The molecule has 7 nitrogen and oxygen atoms in total. The van der Waals surface area contributed by atoms with Gasteiger partial charge in [-0.3, -0.25) is 4.79 Å². The molecule has 0 bridgehead atoms. The lowest BCUT2D eigenvalue weighted by Crippen LogP contribution is -2.47. The van der Waals surface area contributed by atoms with Crippen molar-refractivity contribution < 1.29 is 28.6 Å². The number of hydrogen-bond acceptors (Lipinski definition) is 4. The lowest BCUT2D eigenvalue weighted by molar-refractivity contribution is -0.143. The maximum atomic E-state index is 13.9. The number of rotatable bonds is 3. The number of nitrogens with one attached hydrogen (secondary N) is 1. The molecule has 24 heavy (non-hydrogen) atoms. The predicted molar refractivity (Wildman–Crippen MR) is 83.2 cm³/mol. The summed E-state index contributed by atoms with van der Waals surface area (Å²) in [5.41, 5.74) is -0.0525. The van der Waals surface area contributed by atoms with Crippen LogP contribution < -0.4 is 5.32 Å². The summed E-state index contributed by atoms with van der Waals surface area (Å²) < 4.78 is 18.3. The highest BCUT2D eigenvalue weighted by Gasteiger charge is 2.32. The summed E-state index contributed by atoms with van der Waals surface area (Å²) in [6, 6.07) is 3.12. The molecule has 8 heteroatoms. The monoisotopic (exact) mass is 338 g/mol. The number of methoxy groups -OCH3 is 1. The normalized spacial score (nSPS) is 20.4. The molecule has 1 aliphatic heterocycles. The van der Waals surface area contributed by atoms with Crippen molar-refractivity contribution in [1.29, 1.82) is 0 Å². The van der Waals surface area contributed by atoms with Crippen molar-refractivity contribution in [1.82, 2.24) is 4.90 Å². The van der Waals surface area contributed by atoms with E-state index < -0.39 is 29.7 Å². The third-order valence-corrected chi connectivity index (χ3v) is 3.92. The van der Waals surface area contributed by atoms with Crippen LogP contribution in [0.15, 0.2) is 18.2 Å². The predicted octanol–water partition coefficient (Wildman–Crippen LogP) is 2.19. The maximum Gasteiger partial charge on any atom is 0.340 e. The fraction of sp³-hybridized carbons (Fsp3) is 0.438. The molecule has 0 aromatic heterocycles. The number of hydrogen-bond donors (Lipinski definition) is 2. The largest absolute Gasteiger partial charge is 0.481 e. The van der Waals surface area contributed by atoms with Crippen molar-refractivity contribution in [3.05, 3.63) is 29.6 Å². The van der Waals surface area contributed by atoms with Crippen LogP contribution in [-0.4, -0.2) is 48.2 Å². The minimum absolute atomic E-state index is 0.0593. The molecule has 0 aliphatic carbocycles. The van der Waals surface area contributed by atoms with E-state index in [9.17, 15) is 18.8 Å². The zero-order chi connectivity index (χ0) is 17.9. The summed E-state index contributed by atoms with van der Waals surface area (Å²) in [6.45, 7) is 2.41. The Kier molecular flexibility index (Phi) is 5.38. The average Bonchev–Trinajstić information content (AvgIpc) is 2.53. The van der Waals surface area contributed by atoms with Crippen LogP contribution >= 0.6 is 0 Å². The molecule has 1 aromatic rings. The summed E-state index contributed by atoms with van der Waals surface area (Å²) >= 11 is 0. The van der Waals surface area contributed by atoms with Gasteiger partial charge in [0.15, 0.2) is 0 Å². The molecule has 0 saturated carbocycles. The molecule has 130 valence electrons. The number of carboxylic acids is 1. The Hall–Kier alpha value is -2.64. The van der Waals surface area contributed by atoms with Crippen molar-refractivity contribution >= 4 is 23.7 Å². The fourth-order valence-electron chi connectivity index (χ4n) is 2.77. The van der Waals surface area contributed by atoms with Crippen molar-refractivity contribution in [2.45, 2.75) is 13.3 Å². The Morgan fingerprint density at radius 3 is 2.62 bits per heavy atom.